The van der Waals surface area contributed by atoms with Crippen molar-refractivity contribution in [1.82, 2.24) is 5.32 Å². The van der Waals surface area contributed by atoms with Gasteiger partial charge in [0.25, 0.3) is 5.91 Å². The standard InChI is InChI=1S/C18H17FN2O4/c1-11(22)25-15-4-2-3-13(10-15)18(24)21-16(17(20)23)9-12-5-7-14(19)8-6-12/h2-8,10,16H,9H2,1H3,(H2,20,23)(H,21,24)/t16-/m0/s1. The highest BCUT2D eigenvalue weighted by Crippen LogP contribution is 2.14. The first-order valence-electron chi connectivity index (χ1n) is 7.48. The number of carbonyl (C=O) groups is 3. The predicted molar refractivity (Wildman–Crippen MR) is 88.3 cm³/mol. The lowest BCUT2D eigenvalue weighted by molar-refractivity contribution is -0.131. The summed E-state index contributed by atoms with van der Waals surface area (Å²) in [6.07, 6.45) is 0.130. The molecule has 6 nitrogen and oxygen atoms in total. The fraction of sp³-hybridized carbons (Fsp3) is 0.167. The van der Waals surface area contributed by atoms with Crippen molar-refractivity contribution in [2.24, 2.45) is 5.73 Å². The molecule has 0 aromatic heterocycles. The van der Waals surface area contributed by atoms with E-state index in [0.717, 1.165) is 0 Å². The Balaban J connectivity index is 2.11. The SMILES string of the molecule is CC(=O)Oc1cccc(C(=O)N[C@@H](Cc2ccc(F)cc2)C(N)=O)c1. The molecule has 0 bridgehead atoms. The molecule has 2 aromatic carbocycles. The van der Waals surface area contributed by atoms with Crippen molar-refractivity contribution >= 4 is 17.8 Å². The van der Waals surface area contributed by atoms with Gasteiger partial charge in [0.1, 0.15) is 17.6 Å². The molecule has 0 radical (unpaired) electrons. The molecule has 0 aliphatic heterocycles. The number of nitrogens with one attached hydrogen (secondary N) is 1. The van der Waals surface area contributed by atoms with Crippen LogP contribution in [0.1, 0.15) is 22.8 Å². The van der Waals surface area contributed by atoms with E-state index in [1.807, 2.05) is 0 Å². The molecule has 2 aromatic rings. The number of amides is 2. The van der Waals surface area contributed by atoms with Crippen LogP contribution in [0.5, 0.6) is 5.75 Å². The molecule has 0 heterocycles. The zero-order valence-electron chi connectivity index (χ0n) is 13.5. The average molecular weight is 344 g/mol. The van der Waals surface area contributed by atoms with Crippen LogP contribution in [0.4, 0.5) is 4.39 Å². The lowest BCUT2D eigenvalue weighted by atomic mass is 10.0. The average Bonchev–Trinajstić information content (AvgIpc) is 2.55. The first-order valence-corrected chi connectivity index (χ1v) is 7.48. The summed E-state index contributed by atoms with van der Waals surface area (Å²) in [5.41, 5.74) is 6.20. The van der Waals surface area contributed by atoms with Gasteiger partial charge in [-0.1, -0.05) is 18.2 Å². The maximum atomic E-state index is 12.9. The van der Waals surface area contributed by atoms with Gasteiger partial charge in [0.2, 0.25) is 5.91 Å². The molecular formula is C18H17FN2O4. The lowest BCUT2D eigenvalue weighted by Gasteiger charge is -2.16. The van der Waals surface area contributed by atoms with E-state index in [-0.39, 0.29) is 17.7 Å². The van der Waals surface area contributed by atoms with E-state index in [1.165, 1.54) is 49.4 Å². The fourth-order valence-corrected chi connectivity index (χ4v) is 2.19. The Morgan fingerprint density at radius 3 is 2.44 bits per heavy atom. The van der Waals surface area contributed by atoms with E-state index in [0.29, 0.717) is 5.56 Å². The second-order valence-corrected chi connectivity index (χ2v) is 5.38. The number of carbonyl (C=O) groups excluding carboxylic acids is 3. The van der Waals surface area contributed by atoms with Crippen LogP contribution in [-0.4, -0.2) is 23.8 Å². The monoisotopic (exact) mass is 344 g/mol. The zero-order chi connectivity index (χ0) is 18.4. The summed E-state index contributed by atoms with van der Waals surface area (Å²) >= 11 is 0. The Labute approximate surface area is 143 Å². The van der Waals surface area contributed by atoms with Gasteiger partial charge in [-0.2, -0.15) is 0 Å². The van der Waals surface area contributed by atoms with Crippen LogP contribution in [0.15, 0.2) is 48.5 Å². The number of hydrogen-bond acceptors (Lipinski definition) is 4. The van der Waals surface area contributed by atoms with Gasteiger partial charge in [0.05, 0.1) is 0 Å². The number of hydrogen-bond donors (Lipinski definition) is 2. The van der Waals surface area contributed by atoms with Crippen molar-refractivity contribution in [3.63, 3.8) is 0 Å². The zero-order valence-corrected chi connectivity index (χ0v) is 13.5. The maximum absolute atomic E-state index is 12.9. The number of halogens is 1. The van der Waals surface area contributed by atoms with Crippen molar-refractivity contribution in [2.45, 2.75) is 19.4 Å². The van der Waals surface area contributed by atoms with Crippen LogP contribution < -0.4 is 15.8 Å². The molecule has 130 valence electrons. The van der Waals surface area contributed by atoms with Gasteiger partial charge in [0.15, 0.2) is 0 Å². The highest BCUT2D eigenvalue weighted by Gasteiger charge is 2.20. The van der Waals surface area contributed by atoms with Gasteiger partial charge in [-0.25, -0.2) is 4.39 Å². The van der Waals surface area contributed by atoms with Crippen LogP contribution >= 0.6 is 0 Å². The Morgan fingerprint density at radius 2 is 1.84 bits per heavy atom. The summed E-state index contributed by atoms with van der Waals surface area (Å²) in [7, 11) is 0. The Bertz CT molecular complexity index is 790. The summed E-state index contributed by atoms with van der Waals surface area (Å²) in [5.74, 6) is -1.95. The quantitative estimate of drug-likeness (QED) is 0.614. The van der Waals surface area contributed by atoms with E-state index in [2.05, 4.69) is 5.32 Å². The molecule has 0 aliphatic rings. The predicted octanol–water partition coefficient (Wildman–Crippen LogP) is 1.58. The number of rotatable bonds is 6. The first kappa shape index (κ1) is 18.1. The minimum atomic E-state index is -0.963. The van der Waals surface area contributed by atoms with Crippen LogP contribution in [0.3, 0.4) is 0 Å². The van der Waals surface area contributed by atoms with E-state index in [4.69, 9.17) is 10.5 Å². The van der Waals surface area contributed by atoms with E-state index >= 15 is 0 Å². The second kappa shape index (κ2) is 8.05. The smallest absolute Gasteiger partial charge is 0.308 e. The van der Waals surface area contributed by atoms with Crippen LogP contribution in [0.25, 0.3) is 0 Å². The summed E-state index contributed by atoms with van der Waals surface area (Å²) < 4.78 is 17.9. The van der Waals surface area contributed by atoms with Crippen LogP contribution in [0.2, 0.25) is 0 Å². The number of nitrogens with two attached hydrogens (primary N) is 1. The molecule has 0 spiro atoms. The molecular weight excluding hydrogens is 327 g/mol. The molecule has 0 aliphatic carbocycles. The third-order valence-corrected chi connectivity index (χ3v) is 3.36. The van der Waals surface area contributed by atoms with Gasteiger partial charge < -0.3 is 15.8 Å². The summed E-state index contributed by atoms with van der Waals surface area (Å²) in [4.78, 5) is 34.9. The van der Waals surface area contributed by atoms with Crippen LogP contribution in [0, 0.1) is 5.82 Å². The first-order chi connectivity index (χ1) is 11.8. The van der Waals surface area contributed by atoms with Crippen molar-refractivity contribution in [1.29, 1.82) is 0 Å². The molecule has 3 N–H and O–H groups in total. The third-order valence-electron chi connectivity index (χ3n) is 3.36. The molecule has 7 heteroatoms. The van der Waals surface area contributed by atoms with Crippen molar-refractivity contribution < 1.29 is 23.5 Å². The lowest BCUT2D eigenvalue weighted by Crippen LogP contribution is -2.45. The van der Waals surface area contributed by atoms with Gasteiger partial charge >= 0.3 is 5.97 Å². The second-order valence-electron chi connectivity index (χ2n) is 5.38. The Kier molecular flexibility index (Phi) is 5.84. The van der Waals surface area contributed by atoms with Gasteiger partial charge in [0, 0.05) is 18.9 Å². The summed E-state index contributed by atoms with van der Waals surface area (Å²) in [5, 5.41) is 2.53. The third kappa shape index (κ3) is 5.42. The Morgan fingerprint density at radius 1 is 1.16 bits per heavy atom. The maximum Gasteiger partial charge on any atom is 0.308 e. The van der Waals surface area contributed by atoms with Crippen molar-refractivity contribution in [3.8, 4) is 5.75 Å². The number of ether oxygens (including phenoxy) is 1. The highest BCUT2D eigenvalue weighted by atomic mass is 19.1. The molecule has 0 saturated heterocycles. The molecule has 2 amide bonds. The molecule has 0 fully saturated rings. The number of primary amides is 1. The highest BCUT2D eigenvalue weighted by molar-refractivity contribution is 5.97. The molecule has 0 unspecified atom stereocenters. The van der Waals surface area contributed by atoms with Gasteiger partial charge in [-0.05, 0) is 35.9 Å². The largest absolute Gasteiger partial charge is 0.427 e. The molecule has 2 rings (SSSR count). The minimum Gasteiger partial charge on any atom is -0.427 e. The van der Waals surface area contributed by atoms with Crippen molar-refractivity contribution in [3.05, 3.63) is 65.5 Å². The number of esters is 1. The van der Waals surface area contributed by atoms with E-state index in [9.17, 15) is 18.8 Å². The molecule has 1 atom stereocenters. The topological polar surface area (TPSA) is 98.5 Å². The normalized spacial score (nSPS) is 11.4. The Hall–Kier alpha value is -3.22. The fourth-order valence-electron chi connectivity index (χ4n) is 2.19. The summed E-state index contributed by atoms with van der Waals surface area (Å²) in [6, 6.07) is 10.6. The minimum absolute atomic E-state index is 0.130. The number of benzene rings is 2. The van der Waals surface area contributed by atoms with E-state index < -0.39 is 29.6 Å². The van der Waals surface area contributed by atoms with Crippen molar-refractivity contribution in [2.75, 3.05) is 0 Å². The van der Waals surface area contributed by atoms with Crippen LogP contribution in [-0.2, 0) is 16.0 Å². The molecule has 0 saturated carbocycles. The van der Waals surface area contributed by atoms with Gasteiger partial charge in [-0.3, -0.25) is 14.4 Å². The van der Waals surface area contributed by atoms with E-state index in [1.54, 1.807) is 6.07 Å². The summed E-state index contributed by atoms with van der Waals surface area (Å²) in [6.45, 7) is 1.25. The molecule has 25 heavy (non-hydrogen) atoms. The van der Waals surface area contributed by atoms with Gasteiger partial charge in [-0.15, -0.1) is 0 Å².